The standard InChI is InChI=1S/C38H38ClF3N10O2S/c1-3-7-28-13-31(51-22-25(19-45-51)24-11-12-36(43-18-24)49-27-9-5-6-10-27)16-34(47-28)35-17-32(14-29(48-35)8-4-2)52-23-26(20-46-52)37-33(39)15-30(21-44-37)50-55(53,54)38(40,41)42/h11-23,27,50H,3-10H2,1-2H3,(H,43,49). The Kier molecular flexibility index (Phi) is 10.9. The molecule has 0 bridgehead atoms. The van der Waals surface area contributed by atoms with E-state index in [4.69, 9.17) is 26.7 Å². The highest BCUT2D eigenvalue weighted by atomic mass is 35.5. The zero-order chi connectivity index (χ0) is 38.7. The average Bonchev–Trinajstić information content (AvgIpc) is 3.95. The Morgan fingerprint density at radius 3 is 1.93 bits per heavy atom. The maximum atomic E-state index is 12.9. The van der Waals surface area contributed by atoms with Gasteiger partial charge < -0.3 is 5.32 Å². The van der Waals surface area contributed by atoms with Crippen LogP contribution in [0.3, 0.4) is 0 Å². The van der Waals surface area contributed by atoms with Crippen LogP contribution in [0, 0.1) is 0 Å². The van der Waals surface area contributed by atoms with Crippen molar-refractivity contribution in [3.63, 3.8) is 0 Å². The first-order valence-electron chi connectivity index (χ1n) is 18.0. The van der Waals surface area contributed by atoms with Crippen molar-refractivity contribution < 1.29 is 21.6 Å². The minimum Gasteiger partial charge on any atom is -0.367 e. The number of alkyl halides is 3. The molecule has 12 nitrogen and oxygen atoms in total. The van der Waals surface area contributed by atoms with Crippen molar-refractivity contribution in [2.24, 2.45) is 0 Å². The summed E-state index contributed by atoms with van der Waals surface area (Å²) >= 11 is 6.36. The fourth-order valence-corrected chi connectivity index (χ4v) is 7.30. The molecule has 17 heteroatoms. The first kappa shape index (κ1) is 37.9. The Morgan fingerprint density at radius 1 is 0.782 bits per heavy atom. The van der Waals surface area contributed by atoms with E-state index >= 15 is 0 Å². The lowest BCUT2D eigenvalue weighted by atomic mass is 10.1. The molecule has 0 atom stereocenters. The lowest BCUT2D eigenvalue weighted by Crippen LogP contribution is -2.29. The van der Waals surface area contributed by atoms with Gasteiger partial charge in [0.15, 0.2) is 0 Å². The van der Waals surface area contributed by atoms with Gasteiger partial charge in [-0.05, 0) is 68.1 Å². The summed E-state index contributed by atoms with van der Waals surface area (Å²) in [5, 5.41) is 12.7. The lowest BCUT2D eigenvalue weighted by Gasteiger charge is -2.12. The fourth-order valence-electron chi connectivity index (χ4n) is 6.49. The van der Waals surface area contributed by atoms with Crippen molar-refractivity contribution in [1.29, 1.82) is 0 Å². The van der Waals surface area contributed by atoms with Crippen LogP contribution in [-0.2, 0) is 22.9 Å². The Balaban J connectivity index is 1.17. The van der Waals surface area contributed by atoms with E-state index in [1.807, 2.05) is 53.6 Å². The summed E-state index contributed by atoms with van der Waals surface area (Å²) in [4.78, 5) is 18.7. The molecule has 1 saturated carbocycles. The molecule has 0 unspecified atom stereocenters. The largest absolute Gasteiger partial charge is 0.516 e. The first-order chi connectivity index (χ1) is 26.4. The second-order valence-corrected chi connectivity index (χ2v) is 15.5. The second-order valence-electron chi connectivity index (χ2n) is 13.4. The number of hydrogen-bond acceptors (Lipinski definition) is 9. The highest BCUT2D eigenvalue weighted by Gasteiger charge is 2.46. The average molecular weight is 791 g/mol. The monoisotopic (exact) mass is 790 g/mol. The Morgan fingerprint density at radius 2 is 1.38 bits per heavy atom. The van der Waals surface area contributed by atoms with Crippen LogP contribution in [-0.4, -0.2) is 59.5 Å². The van der Waals surface area contributed by atoms with Crippen LogP contribution in [0.25, 0.3) is 45.1 Å². The molecule has 2 N–H and O–H groups in total. The Hall–Kier alpha value is -5.35. The van der Waals surface area contributed by atoms with Crippen LogP contribution >= 0.6 is 11.6 Å². The molecule has 0 amide bonds. The maximum Gasteiger partial charge on any atom is 0.516 e. The van der Waals surface area contributed by atoms with Crippen molar-refractivity contribution in [3.8, 4) is 45.1 Å². The number of nitrogens with zero attached hydrogens (tertiary/aromatic N) is 8. The van der Waals surface area contributed by atoms with Gasteiger partial charge in [0.25, 0.3) is 0 Å². The zero-order valence-corrected chi connectivity index (χ0v) is 31.6. The van der Waals surface area contributed by atoms with E-state index in [0.717, 1.165) is 65.5 Å². The van der Waals surface area contributed by atoms with E-state index in [0.29, 0.717) is 35.1 Å². The van der Waals surface area contributed by atoms with Gasteiger partial charge in [-0.3, -0.25) is 19.7 Å². The molecule has 0 saturated heterocycles. The normalized spacial score (nSPS) is 13.7. The minimum absolute atomic E-state index is 0.0696. The summed E-state index contributed by atoms with van der Waals surface area (Å²) in [5.41, 5.74) is 1.17. The summed E-state index contributed by atoms with van der Waals surface area (Å²) in [6, 6.07) is 13.4. The second kappa shape index (κ2) is 15.8. The molecule has 0 aliphatic heterocycles. The molecular weight excluding hydrogens is 753 g/mol. The molecule has 7 rings (SSSR count). The van der Waals surface area contributed by atoms with E-state index in [2.05, 4.69) is 40.3 Å². The van der Waals surface area contributed by atoms with Crippen molar-refractivity contribution in [1.82, 2.24) is 39.5 Å². The molecular formula is C38H38ClF3N10O2S. The number of halogens is 4. The predicted molar refractivity (Wildman–Crippen MR) is 206 cm³/mol. The number of sulfonamides is 1. The van der Waals surface area contributed by atoms with Gasteiger partial charge in [-0.2, -0.15) is 31.8 Å². The number of rotatable bonds is 13. The highest BCUT2D eigenvalue weighted by Crippen LogP contribution is 2.32. The quantitative estimate of drug-likeness (QED) is 0.117. The van der Waals surface area contributed by atoms with E-state index in [-0.39, 0.29) is 10.7 Å². The van der Waals surface area contributed by atoms with Crippen LogP contribution < -0.4 is 10.0 Å². The van der Waals surface area contributed by atoms with Gasteiger partial charge in [-0.25, -0.2) is 14.3 Å². The number of aromatic nitrogens is 8. The number of nitrogens with one attached hydrogen (secondary N) is 2. The molecule has 0 radical (unpaired) electrons. The number of pyridine rings is 4. The minimum atomic E-state index is -5.64. The molecule has 1 aliphatic carbocycles. The number of hydrogen-bond donors (Lipinski definition) is 2. The summed E-state index contributed by atoms with van der Waals surface area (Å²) in [6.45, 7) is 4.16. The molecule has 1 fully saturated rings. The van der Waals surface area contributed by atoms with Gasteiger partial charge >= 0.3 is 15.5 Å². The van der Waals surface area contributed by atoms with Gasteiger partial charge in [0.2, 0.25) is 0 Å². The molecule has 6 aromatic rings. The maximum absolute atomic E-state index is 12.9. The lowest BCUT2D eigenvalue weighted by molar-refractivity contribution is -0.0429. The third-order valence-corrected chi connectivity index (χ3v) is 10.6. The van der Waals surface area contributed by atoms with Crippen molar-refractivity contribution in [3.05, 3.63) is 96.1 Å². The van der Waals surface area contributed by atoms with Crippen LogP contribution in [0.1, 0.15) is 63.8 Å². The van der Waals surface area contributed by atoms with Crippen molar-refractivity contribution in [2.75, 3.05) is 10.0 Å². The van der Waals surface area contributed by atoms with E-state index < -0.39 is 21.2 Å². The van der Waals surface area contributed by atoms with E-state index in [1.165, 1.54) is 36.6 Å². The third-order valence-electron chi connectivity index (χ3n) is 9.17. The fraction of sp³-hybridized carbons (Fsp3) is 0.316. The molecule has 0 spiro atoms. The van der Waals surface area contributed by atoms with Gasteiger partial charge in [0.1, 0.15) is 5.82 Å². The number of aryl methyl sites for hydroxylation is 2. The SMILES string of the molecule is CCCc1cc(-n2cc(-c3ccc(NC4CCCC4)nc3)cn2)cc(-c2cc(-n3cc(-c4ncc(NS(=O)(=O)C(F)(F)F)cc4Cl)cn3)cc(CCC)n2)n1. The van der Waals surface area contributed by atoms with Crippen LogP contribution in [0.4, 0.5) is 24.7 Å². The highest BCUT2D eigenvalue weighted by molar-refractivity contribution is 7.93. The van der Waals surface area contributed by atoms with Crippen LogP contribution in [0.15, 0.2) is 79.6 Å². The van der Waals surface area contributed by atoms with E-state index in [9.17, 15) is 21.6 Å². The summed E-state index contributed by atoms with van der Waals surface area (Å²) < 4.78 is 66.7. The van der Waals surface area contributed by atoms with Gasteiger partial charge in [-0.1, -0.05) is 51.1 Å². The molecule has 0 aromatic carbocycles. The van der Waals surface area contributed by atoms with Gasteiger partial charge in [0, 0.05) is 52.7 Å². The van der Waals surface area contributed by atoms with E-state index in [1.54, 1.807) is 10.9 Å². The smallest absolute Gasteiger partial charge is 0.367 e. The summed E-state index contributed by atoms with van der Waals surface area (Å²) in [6.07, 6.45) is 17.9. The van der Waals surface area contributed by atoms with Crippen LogP contribution in [0.5, 0.6) is 0 Å². The molecule has 55 heavy (non-hydrogen) atoms. The van der Waals surface area contributed by atoms with Gasteiger partial charge in [0.05, 0.1) is 57.8 Å². The zero-order valence-electron chi connectivity index (χ0n) is 30.1. The first-order valence-corrected chi connectivity index (χ1v) is 19.9. The molecule has 6 aromatic heterocycles. The summed E-state index contributed by atoms with van der Waals surface area (Å²) in [5.74, 6) is 0.879. The topological polar surface area (TPSA) is 145 Å². The molecule has 1 aliphatic rings. The summed E-state index contributed by atoms with van der Waals surface area (Å²) in [7, 11) is -5.64. The molecule has 286 valence electrons. The Bertz CT molecular complexity index is 2410. The van der Waals surface area contributed by atoms with Crippen LogP contribution in [0.2, 0.25) is 5.02 Å². The van der Waals surface area contributed by atoms with Crippen molar-refractivity contribution in [2.45, 2.75) is 76.8 Å². The van der Waals surface area contributed by atoms with Crippen molar-refractivity contribution >= 4 is 33.1 Å². The van der Waals surface area contributed by atoms with Gasteiger partial charge in [-0.15, -0.1) is 0 Å². The third kappa shape index (κ3) is 8.65. The Labute approximate surface area is 321 Å². The molecule has 6 heterocycles. The predicted octanol–water partition coefficient (Wildman–Crippen LogP) is 8.81. The number of anilines is 2.